The highest BCUT2D eigenvalue weighted by atomic mass is 35.5. The Hall–Kier alpha value is -5.35. The SMILES string of the molecule is COc1cc2c(cc1-c1cccc(NC(=O)CCNC(=O)CN3CCC(NC(=O)OC(C)(C)C)CC3)c1)-c1c(c(C(=O)N3CCOCC3(C)C)nn1-c1cc(Cl)cc(Cl)c1)CO2. The maximum atomic E-state index is 14.3. The number of fused-ring (bicyclic) bond motifs is 3. The Morgan fingerprint density at radius 1 is 0.952 bits per heavy atom. The van der Waals surface area contributed by atoms with Crippen LogP contribution in [0, 0.1) is 0 Å². The van der Waals surface area contributed by atoms with Gasteiger partial charge < -0.3 is 39.8 Å². The van der Waals surface area contributed by atoms with Gasteiger partial charge in [-0.25, -0.2) is 9.48 Å². The topological polar surface area (TPSA) is 166 Å². The lowest BCUT2D eigenvalue weighted by Crippen LogP contribution is -2.55. The van der Waals surface area contributed by atoms with E-state index in [2.05, 4.69) is 16.0 Å². The Labute approximate surface area is 371 Å². The maximum Gasteiger partial charge on any atom is 0.407 e. The number of carbonyl (C=O) groups excluding carboxylic acids is 4. The molecule has 0 unspecified atom stereocenters. The van der Waals surface area contributed by atoms with Crippen molar-refractivity contribution in [3.05, 3.63) is 75.9 Å². The van der Waals surface area contributed by atoms with Gasteiger partial charge in [-0.1, -0.05) is 35.3 Å². The van der Waals surface area contributed by atoms with Gasteiger partial charge in [0, 0.05) is 77.1 Å². The lowest BCUT2D eigenvalue weighted by atomic mass is 9.95. The van der Waals surface area contributed by atoms with Crippen molar-refractivity contribution in [2.75, 3.05) is 58.4 Å². The maximum absolute atomic E-state index is 14.3. The summed E-state index contributed by atoms with van der Waals surface area (Å²) in [5.41, 5.74) is 3.63. The summed E-state index contributed by atoms with van der Waals surface area (Å²) in [6.45, 7) is 12.4. The molecule has 3 aliphatic rings. The number of piperidine rings is 1. The molecule has 0 aliphatic carbocycles. The van der Waals surface area contributed by atoms with Crippen LogP contribution in [0.2, 0.25) is 10.0 Å². The summed E-state index contributed by atoms with van der Waals surface area (Å²) in [7, 11) is 1.57. The summed E-state index contributed by atoms with van der Waals surface area (Å²) in [5, 5.41) is 14.4. The monoisotopic (exact) mass is 889 g/mol. The molecule has 62 heavy (non-hydrogen) atoms. The minimum atomic E-state index is -0.567. The summed E-state index contributed by atoms with van der Waals surface area (Å²) < 4.78 is 24.9. The number of methoxy groups -OCH3 is 1. The summed E-state index contributed by atoms with van der Waals surface area (Å²) in [6.07, 6.45) is 1.05. The summed E-state index contributed by atoms with van der Waals surface area (Å²) in [5.74, 6) is 0.383. The van der Waals surface area contributed by atoms with Crippen LogP contribution in [0.3, 0.4) is 0 Å². The Bertz CT molecular complexity index is 2330. The van der Waals surface area contributed by atoms with Gasteiger partial charge in [-0.05, 0) is 89.4 Å². The molecule has 7 rings (SSSR count). The molecular weight excluding hydrogens is 837 g/mol. The van der Waals surface area contributed by atoms with Crippen molar-refractivity contribution < 1.29 is 38.1 Å². The fourth-order valence-corrected chi connectivity index (χ4v) is 8.44. The number of likely N-dealkylation sites (tertiary alicyclic amines) is 1. The van der Waals surface area contributed by atoms with E-state index in [0.29, 0.717) is 101 Å². The van der Waals surface area contributed by atoms with Crippen molar-refractivity contribution in [1.29, 1.82) is 0 Å². The average molecular weight is 891 g/mol. The summed E-state index contributed by atoms with van der Waals surface area (Å²) in [4.78, 5) is 56.1. The minimum absolute atomic E-state index is 0.00934. The molecule has 2 saturated heterocycles. The fourth-order valence-electron chi connectivity index (χ4n) is 7.93. The Morgan fingerprint density at radius 2 is 1.69 bits per heavy atom. The highest BCUT2D eigenvalue weighted by Crippen LogP contribution is 2.47. The first-order valence-corrected chi connectivity index (χ1v) is 21.5. The first-order valence-electron chi connectivity index (χ1n) is 20.7. The van der Waals surface area contributed by atoms with Crippen LogP contribution in [0.15, 0.2) is 54.6 Å². The van der Waals surface area contributed by atoms with Crippen LogP contribution in [-0.2, 0) is 25.7 Å². The molecule has 0 bridgehead atoms. The fraction of sp³-hybridized carbons (Fsp3) is 0.444. The van der Waals surface area contributed by atoms with E-state index in [1.807, 2.05) is 63.8 Å². The molecule has 2 fully saturated rings. The van der Waals surface area contributed by atoms with Crippen molar-refractivity contribution in [3.8, 4) is 39.6 Å². The molecule has 1 aromatic heterocycles. The van der Waals surface area contributed by atoms with Gasteiger partial charge in [0.05, 0.1) is 43.8 Å². The zero-order valence-corrected chi connectivity index (χ0v) is 37.4. The van der Waals surface area contributed by atoms with E-state index in [4.69, 9.17) is 47.2 Å². The number of morpholine rings is 1. The van der Waals surface area contributed by atoms with Gasteiger partial charge in [0.1, 0.15) is 23.7 Å². The van der Waals surface area contributed by atoms with Crippen molar-refractivity contribution in [2.45, 2.75) is 77.7 Å². The molecule has 15 nitrogen and oxygen atoms in total. The quantitative estimate of drug-likeness (QED) is 0.142. The minimum Gasteiger partial charge on any atom is -0.496 e. The van der Waals surface area contributed by atoms with Gasteiger partial charge in [0.15, 0.2) is 5.69 Å². The van der Waals surface area contributed by atoms with Crippen molar-refractivity contribution in [1.82, 2.24) is 30.2 Å². The first-order chi connectivity index (χ1) is 29.5. The van der Waals surface area contributed by atoms with Crippen molar-refractivity contribution in [3.63, 3.8) is 0 Å². The summed E-state index contributed by atoms with van der Waals surface area (Å²) in [6, 6.07) is 16.2. The number of hydrogen-bond acceptors (Lipinski definition) is 10. The highest BCUT2D eigenvalue weighted by molar-refractivity contribution is 6.34. The number of nitrogens with one attached hydrogen (secondary N) is 3. The number of nitrogens with zero attached hydrogens (tertiary/aromatic N) is 4. The molecule has 330 valence electrons. The Balaban J connectivity index is 1.05. The second-order valence-electron chi connectivity index (χ2n) is 17.3. The number of anilines is 1. The highest BCUT2D eigenvalue weighted by Gasteiger charge is 2.39. The van der Waals surface area contributed by atoms with Gasteiger partial charge in [0.25, 0.3) is 5.91 Å². The number of alkyl carbamates (subject to hydrolysis) is 1. The summed E-state index contributed by atoms with van der Waals surface area (Å²) >= 11 is 13.0. The third kappa shape index (κ3) is 10.5. The zero-order valence-electron chi connectivity index (χ0n) is 35.9. The molecular formula is C45H53Cl2N7O8. The van der Waals surface area contributed by atoms with Crippen molar-refractivity contribution in [2.24, 2.45) is 0 Å². The third-order valence-electron chi connectivity index (χ3n) is 10.9. The molecule has 3 N–H and O–H groups in total. The van der Waals surface area contributed by atoms with Gasteiger partial charge in [0.2, 0.25) is 11.8 Å². The molecule has 0 spiro atoms. The zero-order chi connectivity index (χ0) is 44.3. The first kappa shape index (κ1) is 44.7. The molecule has 4 aromatic rings. The lowest BCUT2D eigenvalue weighted by Gasteiger charge is -2.41. The average Bonchev–Trinajstić information content (AvgIpc) is 3.60. The molecule has 4 heterocycles. The molecule has 0 saturated carbocycles. The number of halogens is 2. The number of hydrogen-bond donors (Lipinski definition) is 3. The number of aromatic nitrogens is 2. The van der Waals surface area contributed by atoms with E-state index in [-0.39, 0.29) is 55.6 Å². The van der Waals surface area contributed by atoms with Gasteiger partial charge in [-0.2, -0.15) is 5.10 Å². The van der Waals surface area contributed by atoms with E-state index < -0.39 is 17.2 Å². The molecule has 3 aliphatic heterocycles. The van der Waals surface area contributed by atoms with Gasteiger partial charge >= 0.3 is 6.09 Å². The second-order valence-corrected chi connectivity index (χ2v) is 18.2. The van der Waals surface area contributed by atoms with E-state index in [1.165, 1.54) is 0 Å². The van der Waals surface area contributed by atoms with Crippen LogP contribution < -0.4 is 25.4 Å². The number of benzene rings is 3. The molecule has 0 radical (unpaired) electrons. The standard InChI is InChI=1S/C45H53Cl2N7O8/c1-44(2,3)62-43(58)50-30-11-14-52(15-12-30)24-39(56)48-13-10-38(55)49-31-9-7-8-27(18-31)33-22-34-37(23-36(33)59-6)61-25-35-40(42(57)53-16-17-60-26-45(53,4)5)51-54(41(34)35)32-20-28(46)19-29(47)21-32/h7-9,18-23,30H,10-17,24-26H2,1-6H3,(H,48,56)(H,49,55)(H,50,58). The van der Waals surface area contributed by atoms with Crippen molar-refractivity contribution >= 4 is 52.7 Å². The van der Waals surface area contributed by atoms with E-state index in [0.717, 1.165) is 5.56 Å². The van der Waals surface area contributed by atoms with Crippen LogP contribution in [0.1, 0.15) is 69.9 Å². The van der Waals surface area contributed by atoms with Crippen LogP contribution >= 0.6 is 23.2 Å². The molecule has 0 atom stereocenters. The number of carbonyl (C=O) groups is 4. The molecule has 17 heteroatoms. The predicted octanol–water partition coefficient (Wildman–Crippen LogP) is 7.10. The lowest BCUT2D eigenvalue weighted by molar-refractivity contribution is -0.122. The van der Waals surface area contributed by atoms with Crippen LogP contribution in [0.5, 0.6) is 11.5 Å². The van der Waals surface area contributed by atoms with Gasteiger partial charge in [-0.3, -0.25) is 19.3 Å². The largest absolute Gasteiger partial charge is 0.496 e. The predicted molar refractivity (Wildman–Crippen MR) is 236 cm³/mol. The number of amides is 4. The normalized spacial score (nSPS) is 16.4. The Kier molecular flexibility index (Phi) is 13.4. The smallest absolute Gasteiger partial charge is 0.407 e. The molecule has 4 amide bonds. The number of rotatable bonds is 11. The van der Waals surface area contributed by atoms with Crippen LogP contribution in [-0.4, -0.2) is 114 Å². The Morgan fingerprint density at radius 3 is 2.39 bits per heavy atom. The number of ether oxygens (including phenoxy) is 4. The van der Waals surface area contributed by atoms with Crippen LogP contribution in [0.25, 0.3) is 28.1 Å². The second kappa shape index (κ2) is 18.6. The van der Waals surface area contributed by atoms with E-state index >= 15 is 0 Å². The van der Waals surface area contributed by atoms with E-state index in [9.17, 15) is 19.2 Å². The van der Waals surface area contributed by atoms with Crippen LogP contribution in [0.4, 0.5) is 10.5 Å². The third-order valence-corrected chi connectivity index (χ3v) is 11.3. The van der Waals surface area contributed by atoms with Gasteiger partial charge in [-0.15, -0.1) is 0 Å². The molecule has 3 aromatic carbocycles. The van der Waals surface area contributed by atoms with E-state index in [1.54, 1.807) is 47.0 Å².